The van der Waals surface area contributed by atoms with Crippen LogP contribution in [0.25, 0.3) is 0 Å². The minimum absolute atomic E-state index is 0.0524. The Balaban J connectivity index is 2.01. The molecule has 0 aliphatic rings. The van der Waals surface area contributed by atoms with Gasteiger partial charge >= 0.3 is 0 Å². The van der Waals surface area contributed by atoms with Crippen LogP contribution in [0.3, 0.4) is 0 Å². The number of aryl methyl sites for hydroxylation is 2. The largest absolute Gasteiger partial charge is 0.352 e. The topological polar surface area (TPSA) is 86.8 Å². The number of anilines is 1. The zero-order chi connectivity index (χ0) is 27.9. The molecule has 202 valence electrons. The van der Waals surface area contributed by atoms with E-state index in [-0.39, 0.29) is 23.4 Å². The van der Waals surface area contributed by atoms with Crippen LogP contribution < -0.4 is 9.62 Å². The average molecular weight is 536 g/mol. The molecule has 1 N–H and O–H groups in total. The van der Waals surface area contributed by atoms with E-state index in [0.29, 0.717) is 5.69 Å². The first kappa shape index (κ1) is 28.9. The Hall–Kier alpha value is -3.65. The summed E-state index contributed by atoms with van der Waals surface area (Å²) in [6, 6.07) is 21.9. The van der Waals surface area contributed by atoms with E-state index >= 15 is 0 Å². The highest BCUT2D eigenvalue weighted by Gasteiger charge is 2.32. The van der Waals surface area contributed by atoms with Crippen molar-refractivity contribution in [1.82, 2.24) is 10.2 Å². The highest BCUT2D eigenvalue weighted by Crippen LogP contribution is 2.25. The van der Waals surface area contributed by atoms with Crippen molar-refractivity contribution in [3.05, 3.63) is 95.6 Å². The van der Waals surface area contributed by atoms with Gasteiger partial charge in [0.2, 0.25) is 11.8 Å². The molecular formula is C30H37N3O4S. The number of nitrogens with zero attached hydrogens (tertiary/aromatic N) is 2. The summed E-state index contributed by atoms with van der Waals surface area (Å²) in [5, 5.41) is 2.94. The van der Waals surface area contributed by atoms with E-state index in [2.05, 4.69) is 5.32 Å². The third kappa shape index (κ3) is 7.22. The third-order valence-electron chi connectivity index (χ3n) is 6.54. The van der Waals surface area contributed by atoms with Gasteiger partial charge in [-0.1, -0.05) is 72.6 Å². The minimum Gasteiger partial charge on any atom is -0.352 e. The number of sulfonamides is 1. The highest BCUT2D eigenvalue weighted by molar-refractivity contribution is 7.92. The Bertz CT molecular complexity index is 1340. The molecule has 0 aliphatic carbocycles. The molecule has 3 aromatic rings. The van der Waals surface area contributed by atoms with Crippen LogP contribution in [-0.4, -0.2) is 43.8 Å². The third-order valence-corrected chi connectivity index (χ3v) is 8.32. The van der Waals surface area contributed by atoms with Gasteiger partial charge in [0.15, 0.2) is 0 Å². The van der Waals surface area contributed by atoms with Crippen molar-refractivity contribution in [2.24, 2.45) is 0 Å². The van der Waals surface area contributed by atoms with Gasteiger partial charge < -0.3 is 10.2 Å². The molecule has 8 heteroatoms. The van der Waals surface area contributed by atoms with Crippen LogP contribution >= 0.6 is 0 Å². The van der Waals surface area contributed by atoms with Crippen LogP contribution in [0.1, 0.15) is 43.9 Å². The summed E-state index contributed by atoms with van der Waals surface area (Å²) in [5.74, 6) is -0.758. The van der Waals surface area contributed by atoms with Crippen molar-refractivity contribution >= 4 is 27.5 Å². The first-order valence-electron chi connectivity index (χ1n) is 12.8. The van der Waals surface area contributed by atoms with Crippen LogP contribution in [0.15, 0.2) is 83.8 Å². The number of hydrogen-bond donors (Lipinski definition) is 1. The average Bonchev–Trinajstić information content (AvgIpc) is 2.90. The SMILES string of the molecule is CC[C@H](C)NC(=O)[C@@H](C)N(Cc1cccc(C)c1)C(=O)CN(c1ccc(C)cc1)S(=O)(=O)c1ccccc1. The second-order valence-corrected chi connectivity index (χ2v) is 11.5. The molecule has 2 atom stereocenters. The molecule has 0 heterocycles. The molecule has 0 saturated heterocycles. The fourth-order valence-corrected chi connectivity index (χ4v) is 5.45. The lowest BCUT2D eigenvalue weighted by atomic mass is 10.1. The van der Waals surface area contributed by atoms with Crippen molar-refractivity contribution in [3.63, 3.8) is 0 Å². The summed E-state index contributed by atoms with van der Waals surface area (Å²) in [4.78, 5) is 28.5. The molecule has 38 heavy (non-hydrogen) atoms. The zero-order valence-corrected chi connectivity index (χ0v) is 23.5. The quantitative estimate of drug-likeness (QED) is 0.381. The molecule has 0 fully saturated rings. The normalized spacial score (nSPS) is 12.9. The molecule has 7 nitrogen and oxygen atoms in total. The number of carbonyl (C=O) groups excluding carboxylic acids is 2. The monoisotopic (exact) mass is 535 g/mol. The Morgan fingerprint density at radius 1 is 0.868 bits per heavy atom. The Morgan fingerprint density at radius 2 is 1.53 bits per heavy atom. The Kier molecular flexibility index (Phi) is 9.69. The number of carbonyl (C=O) groups is 2. The minimum atomic E-state index is -4.06. The van der Waals surface area contributed by atoms with Gasteiger partial charge in [0, 0.05) is 12.6 Å². The van der Waals surface area contributed by atoms with Gasteiger partial charge in [0.25, 0.3) is 10.0 Å². The van der Waals surface area contributed by atoms with Crippen LogP contribution in [0.5, 0.6) is 0 Å². The summed E-state index contributed by atoms with van der Waals surface area (Å²) >= 11 is 0. The van der Waals surface area contributed by atoms with Gasteiger partial charge in [-0.25, -0.2) is 8.42 Å². The first-order valence-corrected chi connectivity index (χ1v) is 14.3. The smallest absolute Gasteiger partial charge is 0.264 e. The number of hydrogen-bond acceptors (Lipinski definition) is 4. The standard InChI is InChI=1S/C30H37N3O4S/c1-6-24(4)31-30(35)25(5)32(20-26-12-10-11-23(3)19-26)29(34)21-33(27-17-15-22(2)16-18-27)38(36,37)28-13-8-7-9-14-28/h7-19,24-25H,6,20-21H2,1-5H3,(H,31,35)/t24-,25+/m0/s1. The van der Waals surface area contributed by atoms with Gasteiger partial charge in [0.1, 0.15) is 12.6 Å². The van der Waals surface area contributed by atoms with E-state index < -0.39 is 28.5 Å². The second kappa shape index (κ2) is 12.7. The van der Waals surface area contributed by atoms with Crippen LogP contribution in [0, 0.1) is 13.8 Å². The first-order chi connectivity index (χ1) is 18.0. The van der Waals surface area contributed by atoms with Gasteiger partial charge in [-0.3, -0.25) is 13.9 Å². The molecule has 0 bridgehead atoms. The number of nitrogens with one attached hydrogen (secondary N) is 1. The fraction of sp³-hybridized carbons (Fsp3) is 0.333. The molecule has 0 unspecified atom stereocenters. The van der Waals surface area contributed by atoms with Crippen molar-refractivity contribution in [3.8, 4) is 0 Å². The number of benzene rings is 3. The molecule has 2 amide bonds. The van der Waals surface area contributed by atoms with Crippen molar-refractivity contribution in [1.29, 1.82) is 0 Å². The van der Waals surface area contributed by atoms with Gasteiger partial charge in [-0.05, 0) is 63.9 Å². The second-order valence-electron chi connectivity index (χ2n) is 9.66. The van der Waals surface area contributed by atoms with E-state index in [1.54, 1.807) is 49.4 Å². The van der Waals surface area contributed by atoms with E-state index in [1.807, 2.05) is 52.0 Å². The lowest BCUT2D eigenvalue weighted by Gasteiger charge is -2.32. The summed E-state index contributed by atoms with van der Waals surface area (Å²) < 4.78 is 28.6. The predicted molar refractivity (Wildman–Crippen MR) is 151 cm³/mol. The molecule has 0 radical (unpaired) electrons. The summed E-state index contributed by atoms with van der Waals surface area (Å²) in [5.41, 5.74) is 3.22. The molecule has 0 aliphatic heterocycles. The van der Waals surface area contributed by atoms with E-state index in [0.717, 1.165) is 27.4 Å². The van der Waals surface area contributed by atoms with E-state index in [1.165, 1.54) is 17.0 Å². The number of rotatable bonds is 11. The molecule has 0 aromatic heterocycles. The van der Waals surface area contributed by atoms with E-state index in [9.17, 15) is 18.0 Å². The lowest BCUT2D eigenvalue weighted by Crippen LogP contribution is -2.52. The lowest BCUT2D eigenvalue weighted by molar-refractivity contribution is -0.139. The van der Waals surface area contributed by atoms with Crippen molar-refractivity contribution in [2.75, 3.05) is 10.8 Å². The van der Waals surface area contributed by atoms with Crippen LogP contribution in [-0.2, 0) is 26.2 Å². The Labute approximate surface area is 226 Å². The molecule has 3 aromatic carbocycles. The van der Waals surface area contributed by atoms with Gasteiger partial charge in [-0.15, -0.1) is 0 Å². The number of amides is 2. The summed E-state index contributed by atoms with van der Waals surface area (Å²) in [6.45, 7) is 9.14. The van der Waals surface area contributed by atoms with Crippen molar-refractivity contribution in [2.45, 2.75) is 64.6 Å². The van der Waals surface area contributed by atoms with Gasteiger partial charge in [-0.2, -0.15) is 0 Å². The fourth-order valence-electron chi connectivity index (χ4n) is 4.01. The summed E-state index contributed by atoms with van der Waals surface area (Å²) in [7, 11) is -4.06. The van der Waals surface area contributed by atoms with Crippen molar-refractivity contribution < 1.29 is 18.0 Å². The molecular weight excluding hydrogens is 498 g/mol. The zero-order valence-electron chi connectivity index (χ0n) is 22.7. The molecule has 3 rings (SSSR count). The maximum atomic E-state index is 13.9. The Morgan fingerprint density at radius 3 is 2.13 bits per heavy atom. The highest BCUT2D eigenvalue weighted by atomic mass is 32.2. The molecule has 0 saturated carbocycles. The maximum Gasteiger partial charge on any atom is 0.264 e. The maximum absolute atomic E-state index is 13.9. The van der Waals surface area contributed by atoms with E-state index in [4.69, 9.17) is 0 Å². The van der Waals surface area contributed by atoms with Crippen LogP contribution in [0.2, 0.25) is 0 Å². The molecule has 0 spiro atoms. The predicted octanol–water partition coefficient (Wildman–Crippen LogP) is 4.83. The van der Waals surface area contributed by atoms with Gasteiger partial charge in [0.05, 0.1) is 10.6 Å². The summed E-state index contributed by atoms with van der Waals surface area (Å²) in [6.07, 6.45) is 0.751. The van der Waals surface area contributed by atoms with Crippen LogP contribution in [0.4, 0.5) is 5.69 Å².